The molecule has 3 nitrogen and oxygen atoms in total. The van der Waals surface area contributed by atoms with Crippen molar-refractivity contribution in [3.05, 3.63) is 0 Å². The summed E-state index contributed by atoms with van der Waals surface area (Å²) in [5.74, 6) is 0.142. The number of carbonyl (C=O) groups excluding carboxylic acids is 1. The summed E-state index contributed by atoms with van der Waals surface area (Å²) in [4.78, 5) is 11.4. The zero-order valence-electron chi connectivity index (χ0n) is 10.4. The summed E-state index contributed by atoms with van der Waals surface area (Å²) in [6, 6.07) is 0. The van der Waals surface area contributed by atoms with Crippen LogP contribution < -0.4 is 0 Å². The van der Waals surface area contributed by atoms with Gasteiger partial charge in [-0.2, -0.15) is 0 Å². The number of hydrogen-bond acceptors (Lipinski definition) is 3. The first-order valence-corrected chi connectivity index (χ1v) is 5.62. The molecule has 1 rings (SSSR count). The molecule has 15 heavy (non-hydrogen) atoms. The molecule has 1 aliphatic heterocycles. The van der Waals surface area contributed by atoms with Crippen LogP contribution >= 0.6 is 0 Å². The third kappa shape index (κ3) is 3.20. The van der Waals surface area contributed by atoms with E-state index in [-0.39, 0.29) is 23.1 Å². The van der Waals surface area contributed by atoms with Crippen molar-refractivity contribution in [1.82, 2.24) is 0 Å². The highest BCUT2D eigenvalue weighted by molar-refractivity contribution is 5.69. The molecule has 0 radical (unpaired) electrons. The van der Waals surface area contributed by atoms with Crippen molar-refractivity contribution in [1.29, 1.82) is 0 Å². The second-order valence-corrected chi connectivity index (χ2v) is 5.38. The maximum atomic E-state index is 11.4. The molecular weight excluding hydrogens is 192 g/mol. The Bertz CT molecular complexity index is 243. The summed E-state index contributed by atoms with van der Waals surface area (Å²) in [6.45, 7) is 10.5. The quantitative estimate of drug-likeness (QED) is 0.677. The van der Waals surface area contributed by atoms with E-state index >= 15 is 0 Å². The van der Waals surface area contributed by atoms with Crippen LogP contribution in [0.15, 0.2) is 0 Å². The lowest BCUT2D eigenvalue weighted by Crippen LogP contribution is -2.30. The fourth-order valence-electron chi connectivity index (χ4n) is 2.42. The van der Waals surface area contributed by atoms with Crippen molar-refractivity contribution >= 4 is 5.97 Å². The van der Waals surface area contributed by atoms with Crippen molar-refractivity contribution in [2.75, 3.05) is 6.61 Å². The molecule has 0 aromatic rings. The van der Waals surface area contributed by atoms with E-state index in [0.717, 1.165) is 6.42 Å². The van der Waals surface area contributed by atoms with Gasteiger partial charge in [0.15, 0.2) is 0 Å². The number of hydrogen-bond donors (Lipinski definition) is 0. The van der Waals surface area contributed by atoms with E-state index in [1.807, 2.05) is 20.8 Å². The first-order chi connectivity index (χ1) is 6.77. The molecule has 0 amide bonds. The highest BCUT2D eigenvalue weighted by Crippen LogP contribution is 2.43. The molecule has 0 aromatic heterocycles. The van der Waals surface area contributed by atoms with Crippen molar-refractivity contribution in [2.45, 2.75) is 58.7 Å². The summed E-state index contributed by atoms with van der Waals surface area (Å²) in [7, 11) is 0. The molecule has 0 aromatic carbocycles. The average molecular weight is 214 g/mol. The largest absolute Gasteiger partial charge is 0.466 e. The summed E-state index contributed by atoms with van der Waals surface area (Å²) in [6.07, 6.45) is 1.38. The van der Waals surface area contributed by atoms with Gasteiger partial charge in [0.05, 0.1) is 24.2 Å². The predicted octanol–water partition coefficient (Wildman–Crippen LogP) is 2.53. The fourth-order valence-corrected chi connectivity index (χ4v) is 2.42. The molecule has 1 saturated heterocycles. The number of carbonyl (C=O) groups is 1. The molecule has 0 bridgehead atoms. The van der Waals surface area contributed by atoms with Crippen molar-refractivity contribution in [2.24, 2.45) is 5.92 Å². The molecule has 0 aliphatic carbocycles. The topological polar surface area (TPSA) is 35.5 Å². The Morgan fingerprint density at radius 1 is 1.40 bits per heavy atom. The zero-order chi connectivity index (χ0) is 11.7. The second kappa shape index (κ2) is 4.12. The standard InChI is InChI=1S/C12H22O3/c1-6-14-10(13)7-9-8-11(2,3)15-12(9,4)5/h9H,6-8H2,1-5H3. The number of esters is 1. The van der Waals surface area contributed by atoms with Gasteiger partial charge in [0.2, 0.25) is 0 Å². The molecule has 1 atom stereocenters. The molecule has 0 spiro atoms. The number of ether oxygens (including phenoxy) is 2. The van der Waals surface area contributed by atoms with Gasteiger partial charge in [-0.25, -0.2) is 0 Å². The van der Waals surface area contributed by atoms with Gasteiger partial charge in [-0.1, -0.05) is 0 Å². The average Bonchev–Trinajstić information content (AvgIpc) is 2.19. The lowest BCUT2D eigenvalue weighted by atomic mass is 9.85. The molecule has 1 heterocycles. The first-order valence-electron chi connectivity index (χ1n) is 5.62. The Morgan fingerprint density at radius 2 is 2.00 bits per heavy atom. The zero-order valence-corrected chi connectivity index (χ0v) is 10.4. The van der Waals surface area contributed by atoms with Gasteiger partial charge in [0.1, 0.15) is 0 Å². The molecule has 0 N–H and O–H groups in total. The van der Waals surface area contributed by atoms with Gasteiger partial charge in [-0.15, -0.1) is 0 Å². The van der Waals surface area contributed by atoms with Crippen molar-refractivity contribution < 1.29 is 14.3 Å². The van der Waals surface area contributed by atoms with E-state index in [2.05, 4.69) is 13.8 Å². The highest BCUT2D eigenvalue weighted by atomic mass is 16.5. The molecule has 88 valence electrons. The Balaban J connectivity index is 2.59. The monoisotopic (exact) mass is 214 g/mol. The summed E-state index contributed by atoms with van der Waals surface area (Å²) >= 11 is 0. The SMILES string of the molecule is CCOC(=O)CC1CC(C)(C)OC1(C)C. The van der Waals surface area contributed by atoms with Gasteiger partial charge < -0.3 is 9.47 Å². The minimum atomic E-state index is -0.226. The Kier molecular flexibility index (Phi) is 3.44. The minimum Gasteiger partial charge on any atom is -0.466 e. The van der Waals surface area contributed by atoms with Gasteiger partial charge in [0.25, 0.3) is 0 Å². The van der Waals surface area contributed by atoms with E-state index < -0.39 is 0 Å². The lowest BCUT2D eigenvalue weighted by molar-refractivity contribution is -0.146. The van der Waals surface area contributed by atoms with Crippen LogP contribution in [-0.4, -0.2) is 23.8 Å². The van der Waals surface area contributed by atoms with E-state index in [4.69, 9.17) is 9.47 Å². The summed E-state index contributed by atoms with van der Waals surface area (Å²) in [5.41, 5.74) is -0.350. The number of rotatable bonds is 3. The third-order valence-corrected chi connectivity index (χ3v) is 2.98. The lowest BCUT2D eigenvalue weighted by Gasteiger charge is -2.26. The summed E-state index contributed by atoms with van der Waals surface area (Å²) < 4.78 is 10.9. The maximum Gasteiger partial charge on any atom is 0.306 e. The van der Waals surface area contributed by atoms with Crippen LogP contribution in [0.5, 0.6) is 0 Å². The van der Waals surface area contributed by atoms with Crippen molar-refractivity contribution in [3.63, 3.8) is 0 Å². The van der Waals surface area contributed by atoms with E-state index in [9.17, 15) is 4.79 Å². The van der Waals surface area contributed by atoms with Gasteiger partial charge in [0, 0.05) is 5.92 Å². The van der Waals surface area contributed by atoms with Gasteiger partial charge >= 0.3 is 5.97 Å². The first kappa shape index (κ1) is 12.5. The second-order valence-electron chi connectivity index (χ2n) is 5.38. The van der Waals surface area contributed by atoms with Crippen LogP contribution in [0.3, 0.4) is 0 Å². The smallest absolute Gasteiger partial charge is 0.306 e. The molecular formula is C12H22O3. The van der Waals surface area contributed by atoms with Crippen LogP contribution in [0.4, 0.5) is 0 Å². The molecule has 1 aliphatic rings. The Hall–Kier alpha value is -0.570. The Morgan fingerprint density at radius 3 is 2.40 bits per heavy atom. The van der Waals surface area contributed by atoms with Crippen LogP contribution in [-0.2, 0) is 14.3 Å². The van der Waals surface area contributed by atoms with Gasteiger partial charge in [-0.3, -0.25) is 4.79 Å². The van der Waals surface area contributed by atoms with Crippen LogP contribution in [0, 0.1) is 5.92 Å². The van der Waals surface area contributed by atoms with E-state index in [1.54, 1.807) is 0 Å². The molecule has 3 heteroatoms. The van der Waals surface area contributed by atoms with Crippen molar-refractivity contribution in [3.8, 4) is 0 Å². The van der Waals surface area contributed by atoms with Crippen LogP contribution in [0.25, 0.3) is 0 Å². The fraction of sp³-hybridized carbons (Fsp3) is 0.917. The van der Waals surface area contributed by atoms with E-state index in [1.165, 1.54) is 0 Å². The molecule has 1 unspecified atom stereocenters. The molecule has 0 saturated carbocycles. The third-order valence-electron chi connectivity index (χ3n) is 2.98. The predicted molar refractivity (Wildman–Crippen MR) is 58.6 cm³/mol. The minimum absolute atomic E-state index is 0.114. The highest BCUT2D eigenvalue weighted by Gasteiger charge is 2.46. The maximum absolute atomic E-state index is 11.4. The van der Waals surface area contributed by atoms with Crippen LogP contribution in [0.2, 0.25) is 0 Å². The van der Waals surface area contributed by atoms with Crippen LogP contribution in [0.1, 0.15) is 47.5 Å². The van der Waals surface area contributed by atoms with Gasteiger partial charge in [-0.05, 0) is 41.0 Å². The Labute approximate surface area is 92.1 Å². The normalized spacial score (nSPS) is 27.7. The summed E-state index contributed by atoms with van der Waals surface area (Å²) in [5, 5.41) is 0. The molecule has 1 fully saturated rings. The van der Waals surface area contributed by atoms with E-state index in [0.29, 0.717) is 13.0 Å².